The Labute approximate surface area is 159 Å². The Bertz CT molecular complexity index is 837. The Morgan fingerprint density at radius 3 is 2.74 bits per heavy atom. The van der Waals surface area contributed by atoms with E-state index in [0.29, 0.717) is 19.6 Å². The summed E-state index contributed by atoms with van der Waals surface area (Å²) in [5.74, 6) is 1.59. The molecule has 3 aromatic rings. The lowest BCUT2D eigenvalue weighted by molar-refractivity contribution is 0.185. The van der Waals surface area contributed by atoms with E-state index in [1.807, 2.05) is 25.3 Å². The van der Waals surface area contributed by atoms with E-state index in [9.17, 15) is 4.79 Å². The molecule has 1 aromatic carbocycles. The summed E-state index contributed by atoms with van der Waals surface area (Å²) in [4.78, 5) is 18.8. The topological polar surface area (TPSA) is 63.3 Å². The molecule has 0 aliphatic carbocycles. The molecule has 0 saturated carbocycles. The predicted octanol–water partition coefficient (Wildman–Crippen LogP) is 3.95. The maximum atomic E-state index is 12.6. The fourth-order valence-corrected chi connectivity index (χ4v) is 2.83. The number of imidazole rings is 1. The van der Waals surface area contributed by atoms with Gasteiger partial charge in [0, 0.05) is 25.5 Å². The highest BCUT2D eigenvalue weighted by molar-refractivity contribution is 5.74. The van der Waals surface area contributed by atoms with Crippen LogP contribution in [0.5, 0.6) is 0 Å². The van der Waals surface area contributed by atoms with Gasteiger partial charge in [0.1, 0.15) is 11.6 Å². The first kappa shape index (κ1) is 18.8. The van der Waals surface area contributed by atoms with Crippen molar-refractivity contribution in [3.8, 4) is 0 Å². The van der Waals surface area contributed by atoms with Crippen molar-refractivity contribution in [1.29, 1.82) is 0 Å². The van der Waals surface area contributed by atoms with Crippen molar-refractivity contribution in [3.63, 3.8) is 0 Å². The van der Waals surface area contributed by atoms with Crippen LogP contribution < -0.4 is 5.32 Å². The highest BCUT2D eigenvalue weighted by atomic mass is 16.3. The van der Waals surface area contributed by atoms with E-state index in [-0.39, 0.29) is 6.03 Å². The Morgan fingerprint density at radius 1 is 1.22 bits per heavy atom. The second-order valence-electron chi connectivity index (χ2n) is 6.62. The second-order valence-corrected chi connectivity index (χ2v) is 6.62. The molecule has 0 unspecified atom stereocenters. The van der Waals surface area contributed by atoms with Crippen LogP contribution in [0.25, 0.3) is 0 Å². The number of hydrogen-bond acceptors (Lipinski definition) is 3. The summed E-state index contributed by atoms with van der Waals surface area (Å²) < 4.78 is 7.50. The van der Waals surface area contributed by atoms with Crippen LogP contribution in [-0.4, -0.2) is 27.0 Å². The zero-order valence-corrected chi connectivity index (χ0v) is 15.9. The van der Waals surface area contributed by atoms with Gasteiger partial charge >= 0.3 is 6.03 Å². The molecule has 3 rings (SSSR count). The van der Waals surface area contributed by atoms with Gasteiger partial charge in [0.05, 0.1) is 19.4 Å². The van der Waals surface area contributed by atoms with Crippen molar-refractivity contribution < 1.29 is 9.21 Å². The van der Waals surface area contributed by atoms with Crippen LogP contribution in [0.3, 0.4) is 0 Å². The zero-order chi connectivity index (χ0) is 19.1. The molecule has 0 bridgehead atoms. The van der Waals surface area contributed by atoms with Gasteiger partial charge in [-0.05, 0) is 31.0 Å². The van der Waals surface area contributed by atoms with Gasteiger partial charge in [0.25, 0.3) is 0 Å². The summed E-state index contributed by atoms with van der Waals surface area (Å²) in [5, 5.41) is 2.94. The molecular weight excluding hydrogens is 340 g/mol. The molecule has 0 atom stereocenters. The molecule has 27 heavy (non-hydrogen) atoms. The van der Waals surface area contributed by atoms with Crippen molar-refractivity contribution in [2.45, 2.75) is 39.9 Å². The van der Waals surface area contributed by atoms with Gasteiger partial charge in [-0.25, -0.2) is 9.78 Å². The van der Waals surface area contributed by atoms with Gasteiger partial charge in [0.15, 0.2) is 0 Å². The van der Waals surface area contributed by atoms with Crippen LogP contribution in [0.1, 0.15) is 36.1 Å². The third-order valence-corrected chi connectivity index (χ3v) is 4.35. The average molecular weight is 366 g/mol. The van der Waals surface area contributed by atoms with Crippen molar-refractivity contribution in [2.75, 3.05) is 6.54 Å². The van der Waals surface area contributed by atoms with Gasteiger partial charge < -0.3 is 19.2 Å². The molecule has 1 N–H and O–H groups in total. The van der Waals surface area contributed by atoms with Gasteiger partial charge in [-0.1, -0.05) is 36.8 Å². The lowest BCUT2D eigenvalue weighted by Crippen LogP contribution is -2.40. The van der Waals surface area contributed by atoms with E-state index < -0.39 is 0 Å². The molecule has 2 aromatic heterocycles. The lowest BCUT2D eigenvalue weighted by atomic mass is 10.1. The SMILES string of the molecule is CCCNC(=O)N(Cc1ccco1)Cc1nccn1Cc1ccc(C)cc1. The van der Waals surface area contributed by atoms with Crippen LogP contribution in [-0.2, 0) is 19.6 Å². The van der Waals surface area contributed by atoms with E-state index in [1.54, 1.807) is 17.4 Å². The standard InChI is InChI=1S/C21H26N4O2/c1-3-10-23-21(26)25(15-19-5-4-13-27-19)16-20-22-11-12-24(20)14-18-8-6-17(2)7-9-18/h4-9,11-13H,3,10,14-16H2,1-2H3,(H,23,26). The van der Waals surface area contributed by atoms with Gasteiger partial charge in [-0.3, -0.25) is 0 Å². The minimum atomic E-state index is -0.113. The van der Waals surface area contributed by atoms with Crippen molar-refractivity contribution >= 4 is 6.03 Å². The number of furan rings is 1. The number of benzene rings is 1. The first-order valence-corrected chi connectivity index (χ1v) is 9.26. The van der Waals surface area contributed by atoms with Crippen LogP contribution >= 0.6 is 0 Å². The van der Waals surface area contributed by atoms with Crippen molar-refractivity contribution in [2.24, 2.45) is 0 Å². The van der Waals surface area contributed by atoms with E-state index >= 15 is 0 Å². The molecule has 142 valence electrons. The average Bonchev–Trinajstić information content (AvgIpc) is 3.33. The molecule has 0 saturated heterocycles. The maximum Gasteiger partial charge on any atom is 0.318 e. The third kappa shape index (κ3) is 5.23. The molecule has 2 heterocycles. The highest BCUT2D eigenvalue weighted by Gasteiger charge is 2.18. The molecule has 0 radical (unpaired) electrons. The Hall–Kier alpha value is -3.02. The lowest BCUT2D eigenvalue weighted by Gasteiger charge is -2.22. The minimum Gasteiger partial charge on any atom is -0.467 e. The number of carbonyl (C=O) groups is 1. The summed E-state index contributed by atoms with van der Waals surface area (Å²) in [6.45, 7) is 6.29. The fourth-order valence-electron chi connectivity index (χ4n) is 2.83. The molecule has 2 amide bonds. The predicted molar refractivity (Wildman–Crippen MR) is 104 cm³/mol. The Balaban J connectivity index is 1.74. The summed E-state index contributed by atoms with van der Waals surface area (Å²) in [6.07, 6.45) is 6.24. The van der Waals surface area contributed by atoms with Crippen molar-refractivity contribution in [3.05, 3.63) is 77.8 Å². The molecule has 0 fully saturated rings. The molecule has 0 spiro atoms. The van der Waals surface area contributed by atoms with Crippen LogP contribution in [0.15, 0.2) is 59.5 Å². The highest BCUT2D eigenvalue weighted by Crippen LogP contribution is 2.12. The van der Waals surface area contributed by atoms with E-state index in [2.05, 4.69) is 46.1 Å². The third-order valence-electron chi connectivity index (χ3n) is 4.35. The van der Waals surface area contributed by atoms with Crippen LogP contribution in [0.4, 0.5) is 4.79 Å². The van der Waals surface area contributed by atoms with E-state index in [0.717, 1.165) is 24.6 Å². The zero-order valence-electron chi connectivity index (χ0n) is 15.9. The minimum absolute atomic E-state index is 0.113. The molecule has 0 aliphatic heterocycles. The molecule has 6 heteroatoms. The summed E-state index contributed by atoms with van der Waals surface area (Å²) in [5.41, 5.74) is 2.44. The van der Waals surface area contributed by atoms with Crippen LogP contribution in [0, 0.1) is 6.92 Å². The number of aryl methyl sites for hydroxylation is 1. The number of carbonyl (C=O) groups excluding carboxylic acids is 1. The molecular formula is C21H26N4O2. The first-order chi connectivity index (χ1) is 13.2. The maximum absolute atomic E-state index is 12.6. The normalized spacial score (nSPS) is 10.7. The quantitative estimate of drug-likeness (QED) is 0.656. The monoisotopic (exact) mass is 366 g/mol. The van der Waals surface area contributed by atoms with Crippen molar-refractivity contribution in [1.82, 2.24) is 19.8 Å². The number of amides is 2. The Morgan fingerprint density at radius 2 is 2.04 bits per heavy atom. The number of nitrogens with one attached hydrogen (secondary N) is 1. The number of aromatic nitrogens is 2. The fraction of sp³-hybridized carbons (Fsp3) is 0.333. The largest absolute Gasteiger partial charge is 0.467 e. The first-order valence-electron chi connectivity index (χ1n) is 9.26. The summed E-state index contributed by atoms with van der Waals surface area (Å²) in [7, 11) is 0. The second kappa shape index (κ2) is 9.07. The summed E-state index contributed by atoms with van der Waals surface area (Å²) in [6, 6.07) is 12.0. The number of nitrogens with zero attached hydrogens (tertiary/aromatic N) is 3. The number of hydrogen-bond donors (Lipinski definition) is 1. The number of rotatable bonds is 8. The smallest absolute Gasteiger partial charge is 0.318 e. The molecule has 0 aliphatic rings. The van der Waals surface area contributed by atoms with Gasteiger partial charge in [0.2, 0.25) is 0 Å². The van der Waals surface area contributed by atoms with E-state index in [4.69, 9.17) is 4.42 Å². The van der Waals surface area contributed by atoms with Gasteiger partial charge in [-0.2, -0.15) is 0 Å². The van der Waals surface area contributed by atoms with E-state index in [1.165, 1.54) is 11.1 Å². The van der Waals surface area contributed by atoms with Crippen LogP contribution in [0.2, 0.25) is 0 Å². The number of urea groups is 1. The Kier molecular flexibility index (Phi) is 6.30. The van der Waals surface area contributed by atoms with Gasteiger partial charge in [-0.15, -0.1) is 0 Å². The molecule has 6 nitrogen and oxygen atoms in total. The summed E-state index contributed by atoms with van der Waals surface area (Å²) >= 11 is 0.